The minimum Gasteiger partial charge on any atom is -0.453 e. The molecule has 5 atom stereocenters. The summed E-state index contributed by atoms with van der Waals surface area (Å²) in [6.07, 6.45) is -1.04. The quantitative estimate of drug-likeness (QED) is 0.171. The lowest BCUT2D eigenvalue weighted by molar-refractivity contribution is -0.131. The Kier molecular flexibility index (Phi) is 14.2. The highest BCUT2D eigenvalue weighted by Crippen LogP contribution is 2.29. The Morgan fingerprint density at radius 1 is 0.796 bits per heavy atom. The summed E-state index contributed by atoms with van der Waals surface area (Å²) in [6, 6.07) is 21.6. The van der Waals surface area contributed by atoms with Gasteiger partial charge in [0.1, 0.15) is 12.1 Å². The molecular weight excluding hydrogens is 684 g/mol. The van der Waals surface area contributed by atoms with E-state index in [2.05, 4.69) is 20.9 Å². The summed E-state index contributed by atoms with van der Waals surface area (Å²) in [5.74, 6) is -0.791. The lowest BCUT2D eigenvalue weighted by atomic mass is 9.84. The fourth-order valence-corrected chi connectivity index (χ4v) is 6.97. The molecule has 4 N–H and O–H groups in total. The molecule has 1 unspecified atom stereocenters. The van der Waals surface area contributed by atoms with Gasteiger partial charge in [-0.25, -0.2) is 9.59 Å². The number of benzene rings is 2. The minimum atomic E-state index is -1.11. The number of aliphatic hydroxyl groups excluding tert-OH is 1. The molecule has 12 heteroatoms. The largest absolute Gasteiger partial charge is 0.453 e. The maximum Gasteiger partial charge on any atom is 0.407 e. The smallest absolute Gasteiger partial charge is 0.407 e. The van der Waals surface area contributed by atoms with Crippen molar-refractivity contribution in [1.29, 1.82) is 0 Å². The van der Waals surface area contributed by atoms with E-state index >= 15 is 0 Å². The van der Waals surface area contributed by atoms with E-state index in [0.29, 0.717) is 32.5 Å². The monoisotopic (exact) mass is 742 g/mol. The average Bonchev–Trinajstić information content (AvgIpc) is 3.44. The summed E-state index contributed by atoms with van der Waals surface area (Å²) in [5, 5.41) is 20.9. The van der Waals surface area contributed by atoms with Gasteiger partial charge in [-0.1, -0.05) is 108 Å². The van der Waals surface area contributed by atoms with Crippen LogP contribution < -0.4 is 16.0 Å². The molecule has 1 saturated heterocycles. The Morgan fingerprint density at radius 3 is 1.96 bits per heavy atom. The minimum absolute atomic E-state index is 0.0909. The van der Waals surface area contributed by atoms with Crippen LogP contribution in [0.3, 0.4) is 0 Å². The number of amides is 5. The second-order valence-electron chi connectivity index (χ2n) is 16.4. The van der Waals surface area contributed by atoms with Crippen LogP contribution in [0.5, 0.6) is 0 Å². The number of hydrogen-bond acceptors (Lipinski definition) is 7. The molecule has 3 aromatic rings. The van der Waals surface area contributed by atoms with E-state index in [-0.39, 0.29) is 18.4 Å². The first-order valence-electron chi connectivity index (χ1n) is 18.7. The number of urea groups is 1. The molecule has 1 aliphatic rings. The molecule has 0 aliphatic carbocycles. The number of nitrogens with one attached hydrogen (secondary N) is 3. The molecule has 54 heavy (non-hydrogen) atoms. The van der Waals surface area contributed by atoms with E-state index < -0.39 is 53.1 Å². The second-order valence-corrected chi connectivity index (χ2v) is 16.4. The van der Waals surface area contributed by atoms with Crippen LogP contribution in [0.25, 0.3) is 0 Å². The van der Waals surface area contributed by atoms with Gasteiger partial charge >= 0.3 is 12.1 Å². The Morgan fingerprint density at radius 2 is 1.41 bits per heavy atom. The zero-order chi connectivity index (χ0) is 39.6. The van der Waals surface area contributed by atoms with Crippen molar-refractivity contribution in [2.75, 3.05) is 20.2 Å². The number of methoxy groups -OCH3 is 1. The van der Waals surface area contributed by atoms with Gasteiger partial charge in [0, 0.05) is 24.8 Å². The Bertz CT molecular complexity index is 1710. The van der Waals surface area contributed by atoms with Crippen molar-refractivity contribution in [3.63, 3.8) is 0 Å². The van der Waals surface area contributed by atoms with E-state index in [1.807, 2.05) is 127 Å². The van der Waals surface area contributed by atoms with Crippen molar-refractivity contribution < 1.29 is 29.0 Å². The van der Waals surface area contributed by atoms with Crippen LogP contribution in [0, 0.1) is 17.8 Å². The van der Waals surface area contributed by atoms with Gasteiger partial charge in [-0.15, -0.1) is 0 Å². The van der Waals surface area contributed by atoms with Crippen molar-refractivity contribution in [2.24, 2.45) is 10.8 Å². The normalized spacial score (nSPS) is 16.2. The van der Waals surface area contributed by atoms with Gasteiger partial charge < -0.3 is 35.6 Å². The lowest BCUT2D eigenvalue weighted by Gasteiger charge is -2.38. The van der Waals surface area contributed by atoms with Crippen molar-refractivity contribution in [3.05, 3.63) is 101 Å². The molecule has 0 saturated carbocycles. The van der Waals surface area contributed by atoms with Gasteiger partial charge in [0.15, 0.2) is 0 Å². The molecule has 0 bridgehead atoms. The van der Waals surface area contributed by atoms with Crippen molar-refractivity contribution >= 4 is 23.9 Å². The molecule has 0 spiro atoms. The van der Waals surface area contributed by atoms with Crippen molar-refractivity contribution in [2.45, 2.75) is 105 Å². The average molecular weight is 743 g/mol. The molecule has 1 aliphatic heterocycles. The maximum atomic E-state index is 14.5. The fourth-order valence-electron chi connectivity index (χ4n) is 6.97. The van der Waals surface area contributed by atoms with E-state index in [1.165, 1.54) is 7.11 Å². The van der Waals surface area contributed by atoms with Crippen LogP contribution >= 0.6 is 0 Å². The standard InChI is InChI=1S/C42H58N6O6/c1-28-16-15-21-31(43-28)27-47-22-23-48(40(47)53)36(42(5,6)7)38(51)45-33(25-30-19-13-10-14-20-30)34(49)26-32(24-29-17-11-9-12-18-29)44-37(50)35(41(2,3)4)46-39(52)54-8/h9-21,32-36,49H,22-27H2,1-8H3,(H,44,50)(H,45,51)(H,46,52)/t32-,33-,34-,35+,36?/m0/s1. The number of aromatic nitrogens is 1. The van der Waals surface area contributed by atoms with Gasteiger partial charge in [0.25, 0.3) is 0 Å². The SMILES string of the molecule is COC(=O)N[C@H](C(=O)N[C@@H](Cc1ccccc1)C[C@H](O)[C@H](Cc1ccccc1)NC(=O)C(N1CCN(Cc2cccc(C)n2)C1=O)C(C)(C)C)C(C)(C)C. The number of ether oxygens (including phenoxy) is 1. The topological polar surface area (TPSA) is 153 Å². The molecule has 1 aromatic heterocycles. The highest BCUT2D eigenvalue weighted by atomic mass is 16.5. The maximum absolute atomic E-state index is 14.5. The van der Waals surface area contributed by atoms with Crippen LogP contribution in [-0.2, 0) is 33.7 Å². The number of rotatable bonds is 15. The Hall–Kier alpha value is -4.97. The summed E-state index contributed by atoms with van der Waals surface area (Å²) in [6.45, 7) is 14.4. The van der Waals surface area contributed by atoms with Crippen molar-refractivity contribution in [3.8, 4) is 0 Å². The van der Waals surface area contributed by atoms with E-state index in [9.17, 15) is 24.3 Å². The summed E-state index contributed by atoms with van der Waals surface area (Å²) in [5.41, 5.74) is 2.19. The van der Waals surface area contributed by atoms with Gasteiger partial charge in [-0.2, -0.15) is 0 Å². The first-order chi connectivity index (χ1) is 25.5. The summed E-state index contributed by atoms with van der Waals surface area (Å²) >= 11 is 0. The van der Waals surface area contributed by atoms with E-state index in [1.54, 1.807) is 9.80 Å². The molecule has 1 fully saturated rings. The molecule has 5 amide bonds. The fraction of sp³-hybridized carbons (Fsp3) is 0.500. The third-order valence-corrected chi connectivity index (χ3v) is 9.67. The predicted octanol–water partition coefficient (Wildman–Crippen LogP) is 5.02. The summed E-state index contributed by atoms with van der Waals surface area (Å²) in [4.78, 5) is 62.2. The van der Waals surface area contributed by atoms with Crippen LogP contribution in [0.1, 0.15) is 70.5 Å². The highest BCUT2D eigenvalue weighted by molar-refractivity contribution is 5.89. The Balaban J connectivity index is 1.60. The molecule has 292 valence electrons. The zero-order valence-electron chi connectivity index (χ0n) is 33.0. The number of alkyl carbamates (subject to hydrolysis) is 1. The molecule has 2 heterocycles. The van der Waals surface area contributed by atoms with E-state index in [0.717, 1.165) is 22.5 Å². The molecule has 2 aromatic carbocycles. The molecule has 4 rings (SSSR count). The number of nitrogens with zero attached hydrogens (tertiary/aromatic N) is 3. The highest BCUT2D eigenvalue weighted by Gasteiger charge is 2.44. The van der Waals surface area contributed by atoms with Crippen LogP contribution in [0.4, 0.5) is 9.59 Å². The first-order valence-corrected chi connectivity index (χ1v) is 18.7. The third-order valence-electron chi connectivity index (χ3n) is 9.67. The molecule has 0 radical (unpaired) electrons. The van der Waals surface area contributed by atoms with Crippen LogP contribution in [0.15, 0.2) is 78.9 Å². The lowest BCUT2D eigenvalue weighted by Crippen LogP contribution is -2.59. The number of carbonyl (C=O) groups excluding carboxylic acids is 4. The van der Waals surface area contributed by atoms with Gasteiger partial charge in [0.05, 0.1) is 31.5 Å². The summed E-state index contributed by atoms with van der Waals surface area (Å²) in [7, 11) is 1.24. The number of carbonyl (C=O) groups is 4. The number of hydrogen-bond donors (Lipinski definition) is 4. The van der Waals surface area contributed by atoms with Crippen molar-refractivity contribution in [1.82, 2.24) is 30.7 Å². The van der Waals surface area contributed by atoms with Crippen LogP contribution in [-0.4, -0.2) is 94.3 Å². The van der Waals surface area contributed by atoms with Crippen LogP contribution in [0.2, 0.25) is 0 Å². The number of aliphatic hydroxyl groups is 1. The first kappa shape index (κ1) is 41.8. The second kappa shape index (κ2) is 18.4. The Labute approximate surface area is 320 Å². The van der Waals surface area contributed by atoms with Gasteiger partial charge in [-0.3, -0.25) is 14.6 Å². The number of aryl methyl sites for hydroxylation is 1. The molecule has 12 nitrogen and oxygen atoms in total. The third kappa shape index (κ3) is 11.8. The van der Waals surface area contributed by atoms with Gasteiger partial charge in [-0.05, 0) is 60.3 Å². The molecular formula is C42H58N6O6. The zero-order valence-corrected chi connectivity index (χ0v) is 33.0. The van der Waals surface area contributed by atoms with E-state index in [4.69, 9.17) is 4.74 Å². The summed E-state index contributed by atoms with van der Waals surface area (Å²) < 4.78 is 4.80. The predicted molar refractivity (Wildman–Crippen MR) is 208 cm³/mol. The van der Waals surface area contributed by atoms with Gasteiger partial charge in [0.2, 0.25) is 11.8 Å². The number of pyridine rings is 1.